The van der Waals surface area contributed by atoms with Gasteiger partial charge in [-0.15, -0.1) is 0 Å². The number of likely N-dealkylation sites (N-methyl/N-ethyl adjacent to an activating group) is 1. The molecule has 25 heavy (non-hydrogen) atoms. The predicted molar refractivity (Wildman–Crippen MR) is 84.2 cm³/mol. The molecule has 0 fully saturated rings. The van der Waals surface area contributed by atoms with Crippen molar-refractivity contribution >= 4 is 5.91 Å². The van der Waals surface area contributed by atoms with Crippen LogP contribution in [0.15, 0.2) is 36.5 Å². The third-order valence-electron chi connectivity index (χ3n) is 3.88. The number of halogens is 3. The topological polar surface area (TPSA) is 61.9 Å². The Morgan fingerprint density at radius 2 is 1.96 bits per heavy atom. The summed E-state index contributed by atoms with van der Waals surface area (Å²) in [6.07, 6.45) is -3.39. The molecule has 1 aromatic heterocycles. The molecule has 2 aromatic rings. The number of nitriles is 1. The molecule has 0 N–H and O–H groups in total. The molecule has 132 valence electrons. The van der Waals surface area contributed by atoms with E-state index < -0.39 is 11.9 Å². The summed E-state index contributed by atoms with van der Waals surface area (Å²) in [5, 5.41) is 12.2. The first-order valence-corrected chi connectivity index (χ1v) is 7.66. The number of carbonyl (C=O) groups excluding carboxylic acids is 1. The molecule has 0 spiro atoms. The van der Waals surface area contributed by atoms with Gasteiger partial charge in [0.1, 0.15) is 6.54 Å². The first kappa shape index (κ1) is 18.5. The zero-order valence-corrected chi connectivity index (χ0v) is 13.8. The van der Waals surface area contributed by atoms with Crippen LogP contribution in [0, 0.1) is 11.3 Å². The van der Waals surface area contributed by atoms with E-state index in [1.165, 1.54) is 0 Å². The van der Waals surface area contributed by atoms with Crippen molar-refractivity contribution in [2.75, 3.05) is 6.54 Å². The van der Waals surface area contributed by atoms with Crippen molar-refractivity contribution in [3.05, 3.63) is 53.3 Å². The van der Waals surface area contributed by atoms with Crippen LogP contribution in [0.3, 0.4) is 0 Å². The van der Waals surface area contributed by atoms with Gasteiger partial charge in [-0.2, -0.15) is 23.5 Å². The van der Waals surface area contributed by atoms with E-state index in [1.807, 2.05) is 13.0 Å². The van der Waals surface area contributed by atoms with Crippen LogP contribution in [0.5, 0.6) is 0 Å². The average Bonchev–Trinajstić information content (AvgIpc) is 3.04. The molecular weight excluding hydrogens is 333 g/mol. The van der Waals surface area contributed by atoms with Crippen molar-refractivity contribution in [2.45, 2.75) is 32.6 Å². The zero-order chi connectivity index (χ0) is 18.6. The van der Waals surface area contributed by atoms with Crippen molar-refractivity contribution in [2.24, 2.45) is 0 Å². The van der Waals surface area contributed by atoms with Crippen LogP contribution in [0.4, 0.5) is 13.2 Å². The summed E-state index contributed by atoms with van der Waals surface area (Å²) in [5.74, 6) is -0.337. The van der Waals surface area contributed by atoms with E-state index in [9.17, 15) is 18.0 Å². The lowest BCUT2D eigenvalue weighted by molar-refractivity contribution is -0.142. The van der Waals surface area contributed by atoms with Crippen molar-refractivity contribution in [1.82, 2.24) is 14.7 Å². The highest BCUT2D eigenvalue weighted by Crippen LogP contribution is 2.27. The standard InChI is InChI=1S/C17H17F3N4O/c1-3-24(12(2)14-6-4-13(10-21)5-7-14)16(25)11-23-9-8-15(22-23)17(18,19)20/h4-9,12H,3,11H2,1-2H3. The van der Waals surface area contributed by atoms with E-state index in [-0.39, 0.29) is 18.5 Å². The number of aromatic nitrogens is 2. The molecule has 2 rings (SSSR count). The average molecular weight is 350 g/mol. The van der Waals surface area contributed by atoms with Crippen LogP contribution in [0.1, 0.15) is 36.7 Å². The summed E-state index contributed by atoms with van der Waals surface area (Å²) in [4.78, 5) is 14.0. The van der Waals surface area contributed by atoms with E-state index in [1.54, 1.807) is 36.1 Å². The normalized spacial score (nSPS) is 12.5. The molecule has 0 aliphatic rings. The van der Waals surface area contributed by atoms with Crippen LogP contribution in [-0.2, 0) is 17.5 Å². The van der Waals surface area contributed by atoms with E-state index in [0.717, 1.165) is 22.5 Å². The lowest BCUT2D eigenvalue weighted by Crippen LogP contribution is -2.36. The second-order valence-corrected chi connectivity index (χ2v) is 5.49. The molecule has 0 saturated heterocycles. The van der Waals surface area contributed by atoms with Crippen molar-refractivity contribution < 1.29 is 18.0 Å². The molecule has 1 unspecified atom stereocenters. The van der Waals surface area contributed by atoms with Crippen LogP contribution in [0.25, 0.3) is 0 Å². The highest BCUT2D eigenvalue weighted by Gasteiger charge is 2.33. The number of amides is 1. The highest BCUT2D eigenvalue weighted by molar-refractivity contribution is 5.76. The maximum Gasteiger partial charge on any atom is 0.435 e. The van der Waals surface area contributed by atoms with Crippen LogP contribution < -0.4 is 0 Å². The lowest BCUT2D eigenvalue weighted by Gasteiger charge is -2.28. The van der Waals surface area contributed by atoms with Crippen LogP contribution in [0.2, 0.25) is 0 Å². The third-order valence-corrected chi connectivity index (χ3v) is 3.88. The minimum absolute atomic E-state index is 0.273. The van der Waals surface area contributed by atoms with Gasteiger partial charge in [-0.25, -0.2) is 0 Å². The summed E-state index contributed by atoms with van der Waals surface area (Å²) in [6.45, 7) is 3.74. The number of rotatable bonds is 5. The summed E-state index contributed by atoms with van der Waals surface area (Å²) in [7, 11) is 0. The molecule has 0 aliphatic carbocycles. The summed E-state index contributed by atoms with van der Waals surface area (Å²) in [6, 6.07) is 9.43. The molecule has 0 saturated carbocycles. The van der Waals surface area contributed by atoms with Gasteiger partial charge in [-0.1, -0.05) is 12.1 Å². The van der Waals surface area contributed by atoms with Crippen molar-refractivity contribution in [3.63, 3.8) is 0 Å². The van der Waals surface area contributed by atoms with E-state index >= 15 is 0 Å². The summed E-state index contributed by atoms with van der Waals surface area (Å²) < 4.78 is 38.7. The third kappa shape index (κ3) is 4.38. The molecule has 0 bridgehead atoms. The Labute approximate surface area is 143 Å². The van der Waals surface area contributed by atoms with Gasteiger partial charge in [0, 0.05) is 12.7 Å². The maximum absolute atomic E-state index is 12.6. The molecule has 0 aliphatic heterocycles. The molecular formula is C17H17F3N4O. The predicted octanol–water partition coefficient (Wildman–Crippen LogP) is 3.38. The molecule has 1 heterocycles. The zero-order valence-electron chi connectivity index (χ0n) is 13.8. The highest BCUT2D eigenvalue weighted by atomic mass is 19.4. The molecule has 1 amide bonds. The minimum atomic E-state index is -4.53. The first-order valence-electron chi connectivity index (χ1n) is 7.66. The van der Waals surface area contributed by atoms with Crippen molar-refractivity contribution in [3.8, 4) is 6.07 Å². The van der Waals surface area contributed by atoms with E-state index in [0.29, 0.717) is 12.1 Å². The van der Waals surface area contributed by atoms with Crippen LogP contribution in [-0.4, -0.2) is 27.1 Å². The minimum Gasteiger partial charge on any atom is -0.335 e. The van der Waals surface area contributed by atoms with Gasteiger partial charge in [0.15, 0.2) is 5.69 Å². The number of benzene rings is 1. The fourth-order valence-corrected chi connectivity index (χ4v) is 2.51. The Kier molecular flexibility index (Phi) is 5.47. The van der Waals surface area contributed by atoms with Gasteiger partial charge in [0.25, 0.3) is 0 Å². The fraction of sp³-hybridized carbons (Fsp3) is 0.353. The Morgan fingerprint density at radius 3 is 2.44 bits per heavy atom. The first-order chi connectivity index (χ1) is 11.8. The Balaban J connectivity index is 2.12. The van der Waals surface area contributed by atoms with Crippen molar-refractivity contribution in [1.29, 1.82) is 5.26 Å². The summed E-state index contributed by atoms with van der Waals surface area (Å²) >= 11 is 0. The summed E-state index contributed by atoms with van der Waals surface area (Å²) in [5.41, 5.74) is 0.329. The fourth-order valence-electron chi connectivity index (χ4n) is 2.51. The number of hydrogen-bond donors (Lipinski definition) is 0. The molecule has 8 heteroatoms. The number of nitrogens with zero attached hydrogens (tertiary/aromatic N) is 4. The Hall–Kier alpha value is -2.82. The Morgan fingerprint density at radius 1 is 1.32 bits per heavy atom. The number of carbonyl (C=O) groups is 1. The lowest BCUT2D eigenvalue weighted by atomic mass is 10.0. The molecule has 1 atom stereocenters. The SMILES string of the molecule is CCN(C(=O)Cn1ccc(C(F)(F)F)n1)C(C)c1ccc(C#N)cc1. The van der Waals surface area contributed by atoms with Gasteiger partial charge in [-0.3, -0.25) is 9.48 Å². The second kappa shape index (κ2) is 7.38. The van der Waals surface area contributed by atoms with E-state index in [2.05, 4.69) is 5.10 Å². The largest absolute Gasteiger partial charge is 0.435 e. The quantitative estimate of drug-likeness (QED) is 0.830. The van der Waals surface area contributed by atoms with E-state index in [4.69, 9.17) is 5.26 Å². The van der Waals surface area contributed by atoms with Gasteiger partial charge in [0.05, 0.1) is 17.7 Å². The monoisotopic (exact) mass is 350 g/mol. The molecule has 1 aromatic carbocycles. The maximum atomic E-state index is 12.6. The second-order valence-electron chi connectivity index (χ2n) is 5.49. The van der Waals surface area contributed by atoms with Gasteiger partial charge < -0.3 is 4.90 Å². The van der Waals surface area contributed by atoms with Gasteiger partial charge in [0.2, 0.25) is 5.91 Å². The molecule has 0 radical (unpaired) electrons. The smallest absolute Gasteiger partial charge is 0.335 e. The van der Waals surface area contributed by atoms with Gasteiger partial charge >= 0.3 is 6.18 Å². The Bertz CT molecular complexity index is 774. The van der Waals surface area contributed by atoms with Gasteiger partial charge in [-0.05, 0) is 37.6 Å². The number of hydrogen-bond acceptors (Lipinski definition) is 3. The van der Waals surface area contributed by atoms with Crippen LogP contribution >= 0.6 is 0 Å². The number of alkyl halides is 3. The molecule has 5 nitrogen and oxygen atoms in total.